The van der Waals surface area contributed by atoms with E-state index in [0.29, 0.717) is 16.8 Å². The molecule has 2 heterocycles. The Bertz CT molecular complexity index is 632. The molecule has 0 saturated carbocycles. The number of nitrogens with zero attached hydrogens (tertiary/aromatic N) is 5. The molecular formula is C13H19ClN6O. The Hall–Kier alpha value is -1.89. The van der Waals surface area contributed by atoms with Gasteiger partial charge in [0.25, 0.3) is 5.91 Å². The Morgan fingerprint density at radius 1 is 1.43 bits per heavy atom. The Balaban J connectivity index is 2.21. The van der Waals surface area contributed by atoms with Gasteiger partial charge in [-0.05, 0) is 12.3 Å². The van der Waals surface area contributed by atoms with Crippen LogP contribution in [0.4, 0.5) is 0 Å². The first-order valence-electron chi connectivity index (χ1n) is 6.72. The lowest BCUT2D eigenvalue weighted by Gasteiger charge is -2.19. The van der Waals surface area contributed by atoms with Gasteiger partial charge in [0.15, 0.2) is 5.69 Å². The average Bonchev–Trinajstić information content (AvgIpc) is 2.93. The third-order valence-electron chi connectivity index (χ3n) is 3.07. The van der Waals surface area contributed by atoms with Crippen molar-refractivity contribution in [1.82, 2.24) is 29.9 Å². The lowest BCUT2D eigenvalue weighted by molar-refractivity contribution is 0.0923. The van der Waals surface area contributed by atoms with Gasteiger partial charge in [0, 0.05) is 20.3 Å². The number of carbonyl (C=O) groups is 1. The van der Waals surface area contributed by atoms with Crippen LogP contribution in [0.15, 0.2) is 12.5 Å². The number of halogens is 1. The Morgan fingerprint density at radius 3 is 2.62 bits per heavy atom. The predicted molar refractivity (Wildman–Crippen MR) is 78.9 cm³/mol. The van der Waals surface area contributed by atoms with E-state index < -0.39 is 0 Å². The van der Waals surface area contributed by atoms with Gasteiger partial charge in [-0.3, -0.25) is 14.2 Å². The largest absolute Gasteiger partial charge is 0.341 e. The zero-order chi connectivity index (χ0) is 15.6. The minimum absolute atomic E-state index is 0.218. The van der Waals surface area contributed by atoms with Crippen LogP contribution >= 0.6 is 11.6 Å². The van der Waals surface area contributed by atoms with Crippen molar-refractivity contribution in [2.75, 3.05) is 0 Å². The van der Waals surface area contributed by atoms with Gasteiger partial charge in [-0.15, -0.1) is 0 Å². The molecule has 2 aromatic heterocycles. The highest BCUT2D eigenvalue weighted by molar-refractivity contribution is 6.33. The molecule has 2 rings (SSSR count). The van der Waals surface area contributed by atoms with Gasteiger partial charge in [-0.1, -0.05) is 25.4 Å². The molecule has 1 amide bonds. The van der Waals surface area contributed by atoms with Gasteiger partial charge in [0.05, 0.1) is 11.1 Å². The Kier molecular flexibility index (Phi) is 4.62. The first-order valence-corrected chi connectivity index (χ1v) is 7.10. The zero-order valence-corrected chi connectivity index (χ0v) is 13.3. The molecule has 21 heavy (non-hydrogen) atoms. The van der Waals surface area contributed by atoms with Crippen molar-refractivity contribution < 1.29 is 4.79 Å². The summed E-state index contributed by atoms with van der Waals surface area (Å²) in [6.45, 7) is 4.17. The summed E-state index contributed by atoms with van der Waals surface area (Å²) in [5.74, 6) is 0.796. The van der Waals surface area contributed by atoms with Gasteiger partial charge >= 0.3 is 0 Å². The number of carbonyl (C=O) groups excluding carboxylic acids is 1. The van der Waals surface area contributed by atoms with Crippen molar-refractivity contribution in [2.45, 2.75) is 26.3 Å². The van der Waals surface area contributed by atoms with E-state index in [-0.39, 0.29) is 17.6 Å². The maximum Gasteiger partial charge on any atom is 0.273 e. The summed E-state index contributed by atoms with van der Waals surface area (Å²) in [6.07, 6.45) is 3.82. The van der Waals surface area contributed by atoms with E-state index in [1.807, 2.05) is 0 Å². The van der Waals surface area contributed by atoms with Gasteiger partial charge in [0.2, 0.25) is 0 Å². The van der Waals surface area contributed by atoms with Crippen molar-refractivity contribution in [3.63, 3.8) is 0 Å². The lowest BCUT2D eigenvalue weighted by Crippen LogP contribution is -2.32. The fraction of sp³-hybridized carbons (Fsp3) is 0.538. The van der Waals surface area contributed by atoms with Crippen LogP contribution in [0.3, 0.4) is 0 Å². The molecule has 0 aliphatic heterocycles. The number of aromatic nitrogens is 5. The molecule has 0 aliphatic rings. The highest BCUT2D eigenvalue weighted by Gasteiger charge is 2.23. The quantitative estimate of drug-likeness (QED) is 0.912. The van der Waals surface area contributed by atoms with E-state index in [2.05, 4.69) is 34.3 Å². The molecule has 2 aromatic rings. The fourth-order valence-electron chi connectivity index (χ4n) is 2.16. The molecule has 0 radical (unpaired) electrons. The summed E-state index contributed by atoms with van der Waals surface area (Å²) in [4.78, 5) is 16.6. The van der Waals surface area contributed by atoms with Gasteiger partial charge < -0.3 is 5.32 Å². The number of hydrogen-bond acceptors (Lipinski definition) is 4. The van der Waals surface area contributed by atoms with Crippen molar-refractivity contribution in [1.29, 1.82) is 0 Å². The molecular weight excluding hydrogens is 292 g/mol. The molecule has 7 nitrogen and oxygen atoms in total. The second-order valence-corrected chi connectivity index (χ2v) is 5.80. The first kappa shape index (κ1) is 15.5. The molecule has 0 aliphatic carbocycles. The molecule has 0 aromatic carbocycles. The molecule has 0 fully saturated rings. The maximum absolute atomic E-state index is 12.3. The second kappa shape index (κ2) is 6.26. The second-order valence-electron chi connectivity index (χ2n) is 5.40. The van der Waals surface area contributed by atoms with Crippen molar-refractivity contribution in [3.8, 4) is 0 Å². The molecule has 114 valence electrons. The van der Waals surface area contributed by atoms with Crippen LogP contribution in [0.2, 0.25) is 5.02 Å². The normalized spacial score (nSPS) is 12.7. The third-order valence-corrected chi connectivity index (χ3v) is 3.35. The minimum Gasteiger partial charge on any atom is -0.341 e. The summed E-state index contributed by atoms with van der Waals surface area (Å²) in [5.41, 5.74) is 0.218. The predicted octanol–water partition coefficient (Wildman–Crippen LogP) is 1.72. The van der Waals surface area contributed by atoms with Crippen LogP contribution in [0, 0.1) is 5.92 Å². The zero-order valence-electron chi connectivity index (χ0n) is 12.5. The molecule has 0 unspecified atom stereocenters. The highest BCUT2D eigenvalue weighted by Crippen LogP contribution is 2.21. The molecule has 0 bridgehead atoms. The van der Waals surface area contributed by atoms with Crippen LogP contribution in [-0.2, 0) is 14.1 Å². The van der Waals surface area contributed by atoms with Crippen LogP contribution in [-0.4, -0.2) is 30.5 Å². The van der Waals surface area contributed by atoms with Crippen LogP contribution in [0.5, 0.6) is 0 Å². The summed E-state index contributed by atoms with van der Waals surface area (Å²) in [7, 11) is 3.52. The molecule has 1 N–H and O–H groups in total. The van der Waals surface area contributed by atoms with Crippen LogP contribution < -0.4 is 5.32 Å². The standard InChI is InChI=1S/C13H19ClN6O/c1-8(2)5-10(12-15-7-16-20(12)4)17-13(21)11-9(14)6-19(3)18-11/h6-8,10H,5H2,1-4H3,(H,17,21)/t10-/m1/s1. The van der Waals surface area contributed by atoms with E-state index >= 15 is 0 Å². The molecule has 0 saturated heterocycles. The van der Waals surface area contributed by atoms with Crippen LogP contribution in [0.1, 0.15) is 42.6 Å². The van der Waals surface area contributed by atoms with Gasteiger partial charge in [-0.2, -0.15) is 10.2 Å². The highest BCUT2D eigenvalue weighted by atomic mass is 35.5. The first-order chi connectivity index (χ1) is 9.88. The summed E-state index contributed by atoms with van der Waals surface area (Å²) in [6, 6.07) is -0.233. The summed E-state index contributed by atoms with van der Waals surface area (Å²) >= 11 is 6.01. The van der Waals surface area contributed by atoms with E-state index in [1.165, 1.54) is 11.0 Å². The third kappa shape index (κ3) is 3.60. The Morgan fingerprint density at radius 2 is 2.14 bits per heavy atom. The van der Waals surface area contributed by atoms with Crippen LogP contribution in [0.25, 0.3) is 0 Å². The van der Waals surface area contributed by atoms with Crippen molar-refractivity contribution in [2.24, 2.45) is 20.0 Å². The number of amides is 1. The summed E-state index contributed by atoms with van der Waals surface area (Å²) < 4.78 is 3.17. The number of aryl methyl sites for hydroxylation is 2. The Labute approximate surface area is 128 Å². The molecule has 0 spiro atoms. The monoisotopic (exact) mass is 310 g/mol. The molecule has 8 heteroatoms. The average molecular weight is 311 g/mol. The van der Waals surface area contributed by atoms with Gasteiger partial charge in [-0.25, -0.2) is 4.98 Å². The lowest BCUT2D eigenvalue weighted by atomic mass is 10.0. The van der Waals surface area contributed by atoms with Crippen molar-refractivity contribution >= 4 is 17.5 Å². The number of rotatable bonds is 5. The number of nitrogens with one attached hydrogen (secondary N) is 1. The SMILES string of the molecule is CC(C)C[C@@H](NC(=O)c1nn(C)cc1Cl)c1ncnn1C. The smallest absolute Gasteiger partial charge is 0.273 e. The molecule has 1 atom stereocenters. The topological polar surface area (TPSA) is 77.6 Å². The summed E-state index contributed by atoms with van der Waals surface area (Å²) in [5, 5.41) is 11.4. The van der Waals surface area contributed by atoms with E-state index in [1.54, 1.807) is 25.0 Å². The maximum atomic E-state index is 12.3. The van der Waals surface area contributed by atoms with E-state index in [0.717, 1.165) is 6.42 Å². The fourth-order valence-corrected chi connectivity index (χ4v) is 2.43. The van der Waals surface area contributed by atoms with E-state index in [4.69, 9.17) is 11.6 Å². The number of hydrogen-bond donors (Lipinski definition) is 1. The van der Waals surface area contributed by atoms with E-state index in [9.17, 15) is 4.79 Å². The van der Waals surface area contributed by atoms with Gasteiger partial charge in [0.1, 0.15) is 12.2 Å². The van der Waals surface area contributed by atoms with Crippen molar-refractivity contribution in [3.05, 3.63) is 29.1 Å². The minimum atomic E-state index is -0.311.